The first-order chi connectivity index (χ1) is 6.04. The molecule has 1 aromatic rings. The van der Waals surface area contributed by atoms with E-state index >= 15 is 0 Å². The lowest BCUT2D eigenvalue weighted by Gasteiger charge is -1.99. The summed E-state index contributed by atoms with van der Waals surface area (Å²) in [5.74, 6) is 0. The fourth-order valence-corrected chi connectivity index (χ4v) is 1.91. The summed E-state index contributed by atoms with van der Waals surface area (Å²) in [7, 11) is -1.52. The fourth-order valence-electron chi connectivity index (χ4n) is 0.839. The van der Waals surface area contributed by atoms with E-state index in [0.29, 0.717) is 4.90 Å². The molecule has 0 aliphatic rings. The van der Waals surface area contributed by atoms with Crippen molar-refractivity contribution in [1.29, 1.82) is 0 Å². The van der Waals surface area contributed by atoms with Crippen molar-refractivity contribution >= 4 is 21.9 Å². The molecule has 0 aromatic heterocycles. The molecular formula is C8H10O3S2. The number of hydrogen-bond acceptors (Lipinski definition) is 4. The first-order valence-corrected chi connectivity index (χ1v) is 6.18. The molecule has 13 heavy (non-hydrogen) atoms. The average Bonchev–Trinajstić information content (AvgIpc) is 2.04. The Balaban J connectivity index is 2.94. The van der Waals surface area contributed by atoms with E-state index in [1.165, 1.54) is 18.3 Å². The van der Waals surface area contributed by atoms with Crippen molar-refractivity contribution in [2.45, 2.75) is 9.79 Å². The second-order valence-electron chi connectivity index (χ2n) is 2.49. The molecule has 0 amide bonds. The number of hydrogen-bond donors (Lipinski definition) is 0. The first-order valence-electron chi connectivity index (χ1n) is 3.55. The van der Waals surface area contributed by atoms with E-state index in [2.05, 4.69) is 0 Å². The number of benzene rings is 1. The van der Waals surface area contributed by atoms with Gasteiger partial charge in [0.15, 0.2) is 9.84 Å². The molecule has 0 spiro atoms. The predicted octanol–water partition coefficient (Wildman–Crippen LogP) is 1.74. The molecule has 0 N–H and O–H groups in total. The van der Waals surface area contributed by atoms with Crippen molar-refractivity contribution in [2.75, 3.05) is 13.4 Å². The van der Waals surface area contributed by atoms with Gasteiger partial charge in [0.1, 0.15) is 0 Å². The standard InChI is InChI=1S/C8H10O3S2/c1-11-12-7-3-5-8(6-4-7)13(2,9)10/h3-6H,1-2H3. The van der Waals surface area contributed by atoms with Crippen LogP contribution < -0.4 is 0 Å². The van der Waals surface area contributed by atoms with Gasteiger partial charge in [0.2, 0.25) is 0 Å². The minimum Gasteiger partial charge on any atom is -0.314 e. The highest BCUT2D eigenvalue weighted by Crippen LogP contribution is 2.19. The molecule has 0 bridgehead atoms. The molecule has 0 saturated carbocycles. The van der Waals surface area contributed by atoms with E-state index in [-0.39, 0.29) is 0 Å². The molecule has 72 valence electrons. The van der Waals surface area contributed by atoms with Crippen LogP contribution in [0.1, 0.15) is 0 Å². The van der Waals surface area contributed by atoms with Crippen molar-refractivity contribution < 1.29 is 12.6 Å². The number of rotatable bonds is 3. The van der Waals surface area contributed by atoms with Crippen LogP contribution in [0.2, 0.25) is 0 Å². The second kappa shape index (κ2) is 4.13. The molecular weight excluding hydrogens is 208 g/mol. The summed E-state index contributed by atoms with van der Waals surface area (Å²) < 4.78 is 26.9. The van der Waals surface area contributed by atoms with Crippen LogP contribution in [0.25, 0.3) is 0 Å². The molecule has 1 aromatic carbocycles. The molecule has 0 radical (unpaired) electrons. The Labute approximate surface area is 82.2 Å². The maximum Gasteiger partial charge on any atom is 0.175 e. The summed E-state index contributed by atoms with van der Waals surface area (Å²) >= 11 is 1.20. The van der Waals surface area contributed by atoms with E-state index in [4.69, 9.17) is 4.18 Å². The smallest absolute Gasteiger partial charge is 0.175 e. The van der Waals surface area contributed by atoms with Crippen LogP contribution in [0.5, 0.6) is 0 Å². The Kier molecular flexibility index (Phi) is 3.35. The molecule has 0 unspecified atom stereocenters. The molecule has 5 heteroatoms. The first kappa shape index (κ1) is 10.6. The van der Waals surface area contributed by atoms with Crippen molar-refractivity contribution in [3.8, 4) is 0 Å². The van der Waals surface area contributed by atoms with Gasteiger partial charge in [0.25, 0.3) is 0 Å². The van der Waals surface area contributed by atoms with Gasteiger partial charge < -0.3 is 4.18 Å². The Morgan fingerprint density at radius 1 is 1.23 bits per heavy atom. The zero-order valence-corrected chi connectivity index (χ0v) is 8.98. The quantitative estimate of drug-likeness (QED) is 0.725. The van der Waals surface area contributed by atoms with Crippen LogP contribution in [0.15, 0.2) is 34.1 Å². The van der Waals surface area contributed by atoms with E-state index < -0.39 is 9.84 Å². The molecule has 0 atom stereocenters. The Morgan fingerprint density at radius 3 is 2.15 bits per heavy atom. The Morgan fingerprint density at radius 2 is 1.77 bits per heavy atom. The van der Waals surface area contributed by atoms with Crippen LogP contribution in [-0.2, 0) is 14.0 Å². The third-order valence-electron chi connectivity index (χ3n) is 1.43. The van der Waals surface area contributed by atoms with Crippen LogP contribution in [0.3, 0.4) is 0 Å². The van der Waals surface area contributed by atoms with Gasteiger partial charge in [-0.25, -0.2) is 8.42 Å². The normalized spacial score (nSPS) is 11.5. The predicted molar refractivity (Wildman–Crippen MR) is 52.4 cm³/mol. The lowest BCUT2D eigenvalue weighted by molar-refractivity contribution is 0.490. The van der Waals surface area contributed by atoms with Gasteiger partial charge in [-0.3, -0.25) is 0 Å². The summed E-state index contributed by atoms with van der Waals surface area (Å²) in [6.45, 7) is 0. The second-order valence-corrected chi connectivity index (χ2v) is 5.48. The van der Waals surface area contributed by atoms with Crippen LogP contribution in [-0.4, -0.2) is 21.8 Å². The molecule has 0 saturated heterocycles. The van der Waals surface area contributed by atoms with E-state index in [1.54, 1.807) is 31.4 Å². The SMILES string of the molecule is COSc1ccc(S(C)(=O)=O)cc1. The zero-order chi connectivity index (χ0) is 9.90. The molecule has 0 aliphatic carbocycles. The Bertz CT molecular complexity index is 367. The minimum absolute atomic E-state index is 0.327. The summed E-state index contributed by atoms with van der Waals surface area (Å²) in [5.41, 5.74) is 0. The van der Waals surface area contributed by atoms with E-state index in [0.717, 1.165) is 4.90 Å². The van der Waals surface area contributed by atoms with Gasteiger partial charge >= 0.3 is 0 Å². The summed E-state index contributed by atoms with van der Waals surface area (Å²) in [4.78, 5) is 1.21. The van der Waals surface area contributed by atoms with Crippen molar-refractivity contribution in [2.24, 2.45) is 0 Å². The largest absolute Gasteiger partial charge is 0.314 e. The van der Waals surface area contributed by atoms with Crippen LogP contribution >= 0.6 is 12.0 Å². The van der Waals surface area contributed by atoms with Crippen LogP contribution in [0.4, 0.5) is 0 Å². The van der Waals surface area contributed by atoms with Gasteiger partial charge in [-0.2, -0.15) is 0 Å². The summed E-state index contributed by atoms with van der Waals surface area (Å²) in [5, 5.41) is 0. The highest BCUT2D eigenvalue weighted by molar-refractivity contribution is 7.94. The maximum atomic E-state index is 11.1. The van der Waals surface area contributed by atoms with Crippen molar-refractivity contribution in [3.05, 3.63) is 24.3 Å². The maximum absolute atomic E-state index is 11.1. The molecule has 0 aliphatic heterocycles. The van der Waals surface area contributed by atoms with Crippen molar-refractivity contribution in [3.63, 3.8) is 0 Å². The fraction of sp³-hybridized carbons (Fsp3) is 0.250. The molecule has 3 nitrogen and oxygen atoms in total. The third-order valence-corrected chi connectivity index (χ3v) is 3.19. The molecule has 0 heterocycles. The van der Waals surface area contributed by atoms with Crippen LogP contribution in [0, 0.1) is 0 Å². The number of sulfone groups is 1. The zero-order valence-electron chi connectivity index (χ0n) is 7.35. The van der Waals surface area contributed by atoms with Crippen molar-refractivity contribution in [1.82, 2.24) is 0 Å². The molecule has 0 fully saturated rings. The van der Waals surface area contributed by atoms with Gasteiger partial charge in [-0.05, 0) is 24.3 Å². The van der Waals surface area contributed by atoms with Gasteiger partial charge in [-0.1, -0.05) is 0 Å². The monoisotopic (exact) mass is 218 g/mol. The third kappa shape index (κ3) is 3.02. The minimum atomic E-state index is -3.08. The topological polar surface area (TPSA) is 43.4 Å². The lowest BCUT2D eigenvalue weighted by atomic mass is 10.4. The molecule has 1 rings (SSSR count). The lowest BCUT2D eigenvalue weighted by Crippen LogP contribution is -1.95. The summed E-state index contributed by atoms with van der Waals surface area (Å²) in [6, 6.07) is 6.56. The average molecular weight is 218 g/mol. The van der Waals surface area contributed by atoms with Gasteiger partial charge in [0.05, 0.1) is 12.0 Å². The Hall–Kier alpha value is -0.520. The van der Waals surface area contributed by atoms with Gasteiger partial charge in [0, 0.05) is 23.2 Å². The highest BCUT2D eigenvalue weighted by atomic mass is 32.2. The highest BCUT2D eigenvalue weighted by Gasteiger charge is 2.05. The van der Waals surface area contributed by atoms with Gasteiger partial charge in [-0.15, -0.1) is 0 Å². The van der Waals surface area contributed by atoms with E-state index in [9.17, 15) is 8.42 Å². The van der Waals surface area contributed by atoms with E-state index in [1.807, 2.05) is 0 Å². The summed E-state index contributed by atoms with van der Waals surface area (Å²) in [6.07, 6.45) is 1.19.